The van der Waals surface area contributed by atoms with Gasteiger partial charge in [-0.3, -0.25) is 29.4 Å². The fourth-order valence-corrected chi connectivity index (χ4v) is 2.14. The maximum absolute atomic E-state index is 11.6. The van der Waals surface area contributed by atoms with Crippen LogP contribution in [0.1, 0.15) is 25.7 Å². The van der Waals surface area contributed by atoms with Gasteiger partial charge in [0, 0.05) is 38.3 Å². The summed E-state index contributed by atoms with van der Waals surface area (Å²) in [5.41, 5.74) is 10.5. The Morgan fingerprint density at radius 3 is 2.39 bits per heavy atom. The highest BCUT2D eigenvalue weighted by Gasteiger charge is 2.23. The lowest BCUT2D eigenvalue weighted by atomic mass is 10.1. The highest BCUT2D eigenvalue weighted by atomic mass is 16.2. The zero-order valence-corrected chi connectivity index (χ0v) is 12.9. The van der Waals surface area contributed by atoms with E-state index in [-0.39, 0.29) is 25.5 Å². The van der Waals surface area contributed by atoms with E-state index in [0.717, 1.165) is 4.90 Å². The Kier molecular flexibility index (Phi) is 7.92. The van der Waals surface area contributed by atoms with E-state index in [1.165, 1.54) is 12.2 Å². The van der Waals surface area contributed by atoms with Gasteiger partial charge in [-0.25, -0.2) is 0 Å². The fourth-order valence-electron chi connectivity index (χ4n) is 2.14. The van der Waals surface area contributed by atoms with Gasteiger partial charge in [-0.1, -0.05) is 0 Å². The quantitative estimate of drug-likeness (QED) is 0.195. The molecule has 128 valence electrons. The third-order valence-electron chi connectivity index (χ3n) is 3.41. The summed E-state index contributed by atoms with van der Waals surface area (Å²) in [6, 6.07) is -0.463. The third-order valence-corrected chi connectivity index (χ3v) is 3.41. The first-order valence-electron chi connectivity index (χ1n) is 7.48. The zero-order chi connectivity index (χ0) is 17.2. The van der Waals surface area contributed by atoms with Crippen molar-refractivity contribution in [3.8, 4) is 0 Å². The maximum atomic E-state index is 11.6. The summed E-state index contributed by atoms with van der Waals surface area (Å²) in [7, 11) is 0. The number of primary amides is 1. The molecule has 4 amide bonds. The summed E-state index contributed by atoms with van der Waals surface area (Å²) in [5, 5.41) is 5.48. The Morgan fingerprint density at radius 2 is 1.83 bits per heavy atom. The van der Waals surface area contributed by atoms with E-state index in [4.69, 9.17) is 11.5 Å². The van der Waals surface area contributed by atoms with Crippen molar-refractivity contribution in [1.29, 1.82) is 0 Å². The van der Waals surface area contributed by atoms with Crippen LogP contribution in [0.3, 0.4) is 0 Å². The summed E-state index contributed by atoms with van der Waals surface area (Å²) in [4.78, 5) is 46.4. The molecule has 1 rings (SSSR count). The molecule has 6 N–H and O–H groups in total. The van der Waals surface area contributed by atoms with Crippen molar-refractivity contribution in [1.82, 2.24) is 15.5 Å². The molecule has 0 unspecified atom stereocenters. The molecule has 9 nitrogen and oxygen atoms in total. The van der Waals surface area contributed by atoms with Gasteiger partial charge in [0.05, 0.1) is 6.04 Å². The lowest BCUT2D eigenvalue weighted by Gasteiger charge is -2.14. The predicted octanol–water partition coefficient (Wildman–Crippen LogP) is -2.05. The minimum absolute atomic E-state index is 0.0673. The Bertz CT molecular complexity index is 474. The highest BCUT2D eigenvalue weighted by Crippen LogP contribution is 2.04. The molecule has 0 saturated carbocycles. The van der Waals surface area contributed by atoms with Crippen LogP contribution in [-0.2, 0) is 19.2 Å². The highest BCUT2D eigenvalue weighted by molar-refractivity contribution is 6.13. The number of hydrogen-bond donors (Lipinski definition) is 4. The molecule has 1 aliphatic rings. The van der Waals surface area contributed by atoms with E-state index < -0.39 is 23.8 Å². The van der Waals surface area contributed by atoms with Crippen molar-refractivity contribution in [3.63, 3.8) is 0 Å². The normalized spacial score (nSPS) is 15.1. The first-order valence-corrected chi connectivity index (χ1v) is 7.48. The number of rotatable bonds is 11. The Labute approximate surface area is 134 Å². The standard InChI is InChI=1S/C14H23N5O4/c15-9-18-10(14(16)23)3-1-2-7-17-11(20)6-8-19-12(21)4-5-13(19)22/h4-5,10,18H,1-3,6-9,15H2,(H2,16,23)(H,17,20)/t10-/m0/s1. The molecule has 1 aliphatic heterocycles. The number of carbonyl (C=O) groups excluding carboxylic acids is 4. The van der Waals surface area contributed by atoms with Crippen molar-refractivity contribution in [2.24, 2.45) is 11.5 Å². The van der Waals surface area contributed by atoms with Gasteiger partial charge >= 0.3 is 0 Å². The van der Waals surface area contributed by atoms with Crippen molar-refractivity contribution in [3.05, 3.63) is 12.2 Å². The van der Waals surface area contributed by atoms with Gasteiger partial charge in [-0.2, -0.15) is 0 Å². The van der Waals surface area contributed by atoms with Gasteiger partial charge in [-0.05, 0) is 19.3 Å². The minimum Gasteiger partial charge on any atom is -0.368 e. The summed E-state index contributed by atoms with van der Waals surface area (Å²) in [5.74, 6) is -1.47. The molecule has 0 aromatic rings. The Balaban J connectivity index is 2.11. The van der Waals surface area contributed by atoms with Gasteiger partial charge in [0.2, 0.25) is 11.8 Å². The Hall–Kier alpha value is -2.26. The smallest absolute Gasteiger partial charge is 0.253 e. The molecule has 0 bridgehead atoms. The number of imide groups is 1. The number of amides is 4. The van der Waals surface area contributed by atoms with E-state index >= 15 is 0 Å². The lowest BCUT2D eigenvalue weighted by molar-refractivity contribution is -0.137. The second-order valence-electron chi connectivity index (χ2n) is 5.12. The molecule has 0 spiro atoms. The molecular weight excluding hydrogens is 302 g/mol. The number of nitrogens with two attached hydrogens (primary N) is 2. The van der Waals surface area contributed by atoms with Gasteiger partial charge in [0.1, 0.15) is 0 Å². The van der Waals surface area contributed by atoms with Crippen LogP contribution in [0.25, 0.3) is 0 Å². The molecule has 1 heterocycles. The average Bonchev–Trinajstić information content (AvgIpc) is 2.82. The second-order valence-corrected chi connectivity index (χ2v) is 5.12. The van der Waals surface area contributed by atoms with Crippen LogP contribution in [0.4, 0.5) is 0 Å². The van der Waals surface area contributed by atoms with Gasteiger partial charge in [0.15, 0.2) is 0 Å². The maximum Gasteiger partial charge on any atom is 0.253 e. The number of nitrogens with zero attached hydrogens (tertiary/aromatic N) is 1. The number of hydrogen-bond acceptors (Lipinski definition) is 6. The van der Waals surface area contributed by atoms with Crippen LogP contribution in [-0.4, -0.2) is 54.3 Å². The van der Waals surface area contributed by atoms with E-state index in [2.05, 4.69) is 10.6 Å². The minimum atomic E-state index is -0.463. The molecule has 0 aromatic heterocycles. The van der Waals surface area contributed by atoms with Crippen LogP contribution >= 0.6 is 0 Å². The molecule has 0 fully saturated rings. The van der Waals surface area contributed by atoms with Gasteiger partial charge in [0.25, 0.3) is 11.8 Å². The van der Waals surface area contributed by atoms with Crippen LogP contribution in [0.15, 0.2) is 12.2 Å². The first-order chi connectivity index (χ1) is 11.0. The van der Waals surface area contributed by atoms with E-state index in [0.29, 0.717) is 25.8 Å². The fraction of sp³-hybridized carbons (Fsp3) is 0.571. The second kappa shape index (κ2) is 9.70. The predicted molar refractivity (Wildman–Crippen MR) is 82.5 cm³/mol. The molecule has 23 heavy (non-hydrogen) atoms. The van der Waals surface area contributed by atoms with E-state index in [1.54, 1.807) is 0 Å². The van der Waals surface area contributed by atoms with Crippen LogP contribution in [0.2, 0.25) is 0 Å². The molecule has 9 heteroatoms. The number of carbonyl (C=O) groups is 4. The van der Waals surface area contributed by atoms with E-state index in [9.17, 15) is 19.2 Å². The van der Waals surface area contributed by atoms with Crippen LogP contribution < -0.4 is 22.1 Å². The van der Waals surface area contributed by atoms with Crippen molar-refractivity contribution >= 4 is 23.6 Å². The lowest BCUT2D eigenvalue weighted by Crippen LogP contribution is -2.43. The molecule has 0 aromatic carbocycles. The average molecular weight is 325 g/mol. The summed E-state index contributed by atoms with van der Waals surface area (Å²) in [6.45, 7) is 0.695. The first kappa shape index (κ1) is 18.8. The molecule has 0 radical (unpaired) electrons. The zero-order valence-electron chi connectivity index (χ0n) is 12.9. The molecule has 1 atom stereocenters. The third kappa shape index (κ3) is 6.57. The van der Waals surface area contributed by atoms with Gasteiger partial charge < -0.3 is 16.8 Å². The summed E-state index contributed by atoms with van der Waals surface area (Å²) >= 11 is 0. The Morgan fingerprint density at radius 1 is 1.17 bits per heavy atom. The van der Waals surface area contributed by atoms with Gasteiger partial charge in [-0.15, -0.1) is 0 Å². The molecule has 0 saturated heterocycles. The van der Waals surface area contributed by atoms with Crippen LogP contribution in [0, 0.1) is 0 Å². The topological polar surface area (TPSA) is 148 Å². The number of nitrogens with one attached hydrogen (secondary N) is 2. The van der Waals surface area contributed by atoms with Crippen molar-refractivity contribution < 1.29 is 19.2 Å². The summed E-state index contributed by atoms with van der Waals surface area (Å²) in [6.07, 6.45) is 4.37. The van der Waals surface area contributed by atoms with Crippen molar-refractivity contribution in [2.75, 3.05) is 19.8 Å². The SMILES string of the molecule is NCN[C@@H](CCCCNC(=O)CCN1C(=O)C=CC1=O)C(N)=O. The monoisotopic (exact) mass is 325 g/mol. The van der Waals surface area contributed by atoms with Crippen molar-refractivity contribution in [2.45, 2.75) is 31.7 Å². The summed E-state index contributed by atoms with van der Waals surface area (Å²) < 4.78 is 0. The molecular formula is C14H23N5O4. The molecule has 0 aliphatic carbocycles. The largest absolute Gasteiger partial charge is 0.368 e. The van der Waals surface area contributed by atoms with E-state index in [1.807, 2.05) is 0 Å². The van der Waals surface area contributed by atoms with Crippen LogP contribution in [0.5, 0.6) is 0 Å². The number of unbranched alkanes of at least 4 members (excludes halogenated alkanes) is 1.